The molecular formula is C18H27N3O2. The van der Waals surface area contributed by atoms with Crippen molar-refractivity contribution >= 4 is 17.6 Å². The van der Waals surface area contributed by atoms with Crippen LogP contribution < -0.4 is 11.1 Å². The molecule has 0 aliphatic heterocycles. The Bertz CT molecular complexity index is 555. The van der Waals surface area contributed by atoms with E-state index in [0.717, 1.165) is 37.8 Å². The van der Waals surface area contributed by atoms with Crippen LogP contribution in [-0.4, -0.2) is 25.6 Å². The Morgan fingerprint density at radius 3 is 2.91 bits per heavy atom. The van der Waals surface area contributed by atoms with Gasteiger partial charge in [0.1, 0.15) is 0 Å². The van der Waals surface area contributed by atoms with Crippen molar-refractivity contribution < 1.29 is 9.53 Å². The van der Waals surface area contributed by atoms with Crippen molar-refractivity contribution in [2.45, 2.75) is 51.4 Å². The van der Waals surface area contributed by atoms with Gasteiger partial charge in [0.05, 0.1) is 7.11 Å². The number of aryl methyl sites for hydroxylation is 1. The van der Waals surface area contributed by atoms with E-state index < -0.39 is 0 Å². The molecule has 1 aliphatic rings. The fourth-order valence-electron chi connectivity index (χ4n) is 2.94. The number of carbonyl (C=O) groups is 1. The summed E-state index contributed by atoms with van der Waals surface area (Å²) in [4.78, 5) is 15.4. The molecule has 0 saturated carbocycles. The molecule has 0 heterocycles. The third kappa shape index (κ3) is 5.58. The maximum absolute atomic E-state index is 11.0. The zero-order chi connectivity index (χ0) is 16.5. The van der Waals surface area contributed by atoms with E-state index in [0.29, 0.717) is 18.9 Å². The number of unbranched alkanes of at least 4 members (excludes halogenated alkanes) is 2. The molecule has 0 aromatic heterocycles. The number of nitrogens with one attached hydrogen (secondary N) is 1. The fraction of sp³-hybridized carbons (Fsp3) is 0.556. The molecule has 5 heteroatoms. The van der Waals surface area contributed by atoms with Gasteiger partial charge in [-0.15, -0.1) is 0 Å². The van der Waals surface area contributed by atoms with Gasteiger partial charge in [-0.3, -0.25) is 9.79 Å². The summed E-state index contributed by atoms with van der Waals surface area (Å²) in [5, 5.41) is 3.24. The first-order valence-electron chi connectivity index (χ1n) is 8.45. The molecule has 23 heavy (non-hydrogen) atoms. The average Bonchev–Trinajstić information content (AvgIpc) is 2.58. The molecular weight excluding hydrogens is 290 g/mol. The summed E-state index contributed by atoms with van der Waals surface area (Å²) in [6.45, 7) is 0.676. The van der Waals surface area contributed by atoms with Crippen molar-refractivity contribution in [3.8, 4) is 0 Å². The number of benzene rings is 1. The Labute approximate surface area is 138 Å². The van der Waals surface area contributed by atoms with Gasteiger partial charge in [0, 0.05) is 18.7 Å². The molecule has 1 aromatic rings. The Hall–Kier alpha value is -2.04. The smallest absolute Gasteiger partial charge is 0.305 e. The molecule has 0 amide bonds. The van der Waals surface area contributed by atoms with E-state index in [1.165, 1.54) is 31.1 Å². The van der Waals surface area contributed by atoms with Crippen molar-refractivity contribution in [2.75, 3.05) is 19.0 Å². The normalized spacial score (nSPS) is 14.2. The summed E-state index contributed by atoms with van der Waals surface area (Å²) in [5.41, 5.74) is 9.89. The number of anilines is 1. The van der Waals surface area contributed by atoms with E-state index in [1.807, 2.05) is 0 Å². The zero-order valence-electron chi connectivity index (χ0n) is 13.9. The van der Waals surface area contributed by atoms with Gasteiger partial charge >= 0.3 is 5.97 Å². The van der Waals surface area contributed by atoms with E-state index in [2.05, 4.69) is 33.2 Å². The lowest BCUT2D eigenvalue weighted by Gasteiger charge is -2.19. The van der Waals surface area contributed by atoms with E-state index in [1.54, 1.807) is 0 Å². The molecule has 0 spiro atoms. The number of hydrogen-bond donors (Lipinski definition) is 2. The van der Waals surface area contributed by atoms with Crippen LogP contribution >= 0.6 is 0 Å². The van der Waals surface area contributed by atoms with Crippen LogP contribution in [0.15, 0.2) is 23.2 Å². The summed E-state index contributed by atoms with van der Waals surface area (Å²) >= 11 is 0. The number of guanidine groups is 1. The van der Waals surface area contributed by atoms with Crippen LogP contribution in [0.5, 0.6) is 0 Å². The lowest BCUT2D eigenvalue weighted by molar-refractivity contribution is -0.140. The molecule has 0 unspecified atom stereocenters. The molecule has 0 bridgehead atoms. The zero-order valence-corrected chi connectivity index (χ0v) is 13.9. The van der Waals surface area contributed by atoms with Crippen molar-refractivity contribution in [3.63, 3.8) is 0 Å². The summed E-state index contributed by atoms with van der Waals surface area (Å²) in [7, 11) is 1.42. The minimum atomic E-state index is -0.150. The average molecular weight is 317 g/mol. The number of fused-ring (bicyclic) bond motifs is 1. The first kappa shape index (κ1) is 17.3. The number of aliphatic imine (C=N–C) groups is 1. The summed E-state index contributed by atoms with van der Waals surface area (Å²) in [6.07, 6.45) is 7.96. The molecule has 0 atom stereocenters. The van der Waals surface area contributed by atoms with E-state index >= 15 is 0 Å². The van der Waals surface area contributed by atoms with Crippen molar-refractivity contribution in [3.05, 3.63) is 29.3 Å². The van der Waals surface area contributed by atoms with Crippen molar-refractivity contribution in [1.29, 1.82) is 0 Å². The maximum atomic E-state index is 11.0. The lowest BCUT2D eigenvalue weighted by atomic mass is 9.90. The van der Waals surface area contributed by atoms with Crippen LogP contribution in [0.4, 0.5) is 5.69 Å². The highest BCUT2D eigenvalue weighted by Crippen LogP contribution is 2.27. The number of rotatable bonds is 7. The lowest BCUT2D eigenvalue weighted by Crippen LogP contribution is -2.24. The van der Waals surface area contributed by atoms with Gasteiger partial charge in [-0.25, -0.2) is 0 Å². The minimum Gasteiger partial charge on any atom is -0.469 e. The molecule has 1 aromatic carbocycles. The van der Waals surface area contributed by atoms with Crippen LogP contribution in [0, 0.1) is 0 Å². The van der Waals surface area contributed by atoms with Gasteiger partial charge in [0.25, 0.3) is 0 Å². The second-order valence-corrected chi connectivity index (χ2v) is 5.93. The van der Waals surface area contributed by atoms with E-state index in [-0.39, 0.29) is 5.97 Å². The predicted molar refractivity (Wildman–Crippen MR) is 93.7 cm³/mol. The summed E-state index contributed by atoms with van der Waals surface area (Å²) in [5.74, 6) is 0.320. The number of ether oxygens (including phenoxy) is 1. The number of methoxy groups -OCH3 is 1. The molecule has 2 rings (SSSR count). The highest BCUT2D eigenvalue weighted by atomic mass is 16.5. The number of nitrogens with zero attached hydrogens (tertiary/aromatic N) is 1. The third-order valence-corrected chi connectivity index (χ3v) is 4.21. The third-order valence-electron chi connectivity index (χ3n) is 4.21. The Kier molecular flexibility index (Phi) is 6.91. The SMILES string of the molecule is COC(=O)CCCCCN=C(N)Nc1cccc2c1CCCC2. The Morgan fingerprint density at radius 2 is 2.09 bits per heavy atom. The van der Waals surface area contributed by atoms with Gasteiger partial charge in [-0.2, -0.15) is 0 Å². The first-order chi connectivity index (χ1) is 11.2. The highest BCUT2D eigenvalue weighted by molar-refractivity contribution is 5.93. The van der Waals surface area contributed by atoms with Gasteiger partial charge in [-0.1, -0.05) is 18.6 Å². The number of hydrogen-bond acceptors (Lipinski definition) is 3. The minimum absolute atomic E-state index is 0.150. The molecule has 0 fully saturated rings. The predicted octanol–water partition coefficient (Wildman–Crippen LogP) is 3.03. The largest absolute Gasteiger partial charge is 0.469 e. The Balaban J connectivity index is 1.76. The summed E-state index contributed by atoms with van der Waals surface area (Å²) in [6, 6.07) is 6.35. The number of carbonyl (C=O) groups excluding carboxylic acids is 1. The van der Waals surface area contributed by atoms with Crippen LogP contribution in [-0.2, 0) is 22.4 Å². The molecule has 0 radical (unpaired) electrons. The van der Waals surface area contributed by atoms with Gasteiger partial charge < -0.3 is 15.8 Å². The van der Waals surface area contributed by atoms with E-state index in [4.69, 9.17) is 5.73 Å². The number of esters is 1. The molecule has 126 valence electrons. The molecule has 5 nitrogen and oxygen atoms in total. The molecule has 1 aliphatic carbocycles. The highest BCUT2D eigenvalue weighted by Gasteiger charge is 2.12. The van der Waals surface area contributed by atoms with Crippen LogP contribution in [0.2, 0.25) is 0 Å². The summed E-state index contributed by atoms with van der Waals surface area (Å²) < 4.78 is 4.61. The van der Waals surface area contributed by atoms with Crippen molar-refractivity contribution in [1.82, 2.24) is 0 Å². The maximum Gasteiger partial charge on any atom is 0.305 e. The van der Waals surface area contributed by atoms with Gasteiger partial charge in [0.15, 0.2) is 5.96 Å². The van der Waals surface area contributed by atoms with Crippen LogP contribution in [0.25, 0.3) is 0 Å². The number of nitrogens with two attached hydrogens (primary N) is 1. The monoisotopic (exact) mass is 317 g/mol. The van der Waals surface area contributed by atoms with Gasteiger partial charge in [-0.05, 0) is 55.7 Å². The molecule has 3 N–H and O–H groups in total. The fourth-order valence-corrected chi connectivity index (χ4v) is 2.94. The Morgan fingerprint density at radius 1 is 1.26 bits per heavy atom. The van der Waals surface area contributed by atoms with Crippen LogP contribution in [0.3, 0.4) is 0 Å². The van der Waals surface area contributed by atoms with Gasteiger partial charge in [0.2, 0.25) is 0 Å². The van der Waals surface area contributed by atoms with E-state index in [9.17, 15) is 4.79 Å². The topological polar surface area (TPSA) is 76.7 Å². The van der Waals surface area contributed by atoms with Crippen molar-refractivity contribution in [2.24, 2.45) is 10.7 Å². The first-order valence-corrected chi connectivity index (χ1v) is 8.45. The second-order valence-electron chi connectivity index (χ2n) is 5.93. The molecule has 0 saturated heterocycles. The quantitative estimate of drug-likeness (QED) is 0.351. The second kappa shape index (κ2) is 9.18. The standard InChI is InChI=1S/C18H27N3O2/c1-23-17(22)12-3-2-6-13-20-18(19)21-16-11-7-9-14-8-4-5-10-15(14)16/h7,9,11H,2-6,8,10,12-13H2,1H3,(H3,19,20,21). The van der Waals surface area contributed by atoms with Crippen LogP contribution in [0.1, 0.15) is 49.7 Å².